The Kier molecular flexibility index (Phi) is 3.73. The molecule has 0 aromatic heterocycles. The average Bonchev–Trinajstić information content (AvgIpc) is 2.07. The van der Waals surface area contributed by atoms with Gasteiger partial charge < -0.3 is 5.73 Å². The molecular formula is C9H19NS. The summed E-state index contributed by atoms with van der Waals surface area (Å²) in [7, 11) is 0. The minimum absolute atomic E-state index is 0.512. The molecule has 1 fully saturated rings. The van der Waals surface area contributed by atoms with Gasteiger partial charge >= 0.3 is 0 Å². The van der Waals surface area contributed by atoms with E-state index < -0.39 is 0 Å². The normalized spacial score (nSPS) is 23.5. The Morgan fingerprint density at radius 1 is 1.27 bits per heavy atom. The first kappa shape index (κ1) is 9.40. The lowest BCUT2D eigenvalue weighted by Crippen LogP contribution is -2.34. The molecule has 0 saturated heterocycles. The van der Waals surface area contributed by atoms with Crippen LogP contribution in [0.2, 0.25) is 0 Å². The molecule has 1 aliphatic rings. The summed E-state index contributed by atoms with van der Waals surface area (Å²) in [5, 5.41) is 0. The second kappa shape index (κ2) is 4.36. The fourth-order valence-electron chi connectivity index (χ4n) is 2.02. The Hall–Kier alpha value is 0.310. The van der Waals surface area contributed by atoms with Gasteiger partial charge in [0.25, 0.3) is 0 Å². The van der Waals surface area contributed by atoms with Crippen molar-refractivity contribution in [2.45, 2.75) is 32.1 Å². The van der Waals surface area contributed by atoms with Crippen LogP contribution in [0.1, 0.15) is 32.1 Å². The van der Waals surface area contributed by atoms with Crippen molar-refractivity contribution >= 4 is 11.8 Å². The first-order chi connectivity index (χ1) is 5.33. The topological polar surface area (TPSA) is 26.0 Å². The van der Waals surface area contributed by atoms with Crippen LogP contribution in [0.3, 0.4) is 0 Å². The van der Waals surface area contributed by atoms with Crippen molar-refractivity contribution in [3.8, 4) is 0 Å². The molecule has 0 bridgehead atoms. The van der Waals surface area contributed by atoms with Gasteiger partial charge in [0.2, 0.25) is 0 Å². The number of rotatable bonds is 3. The van der Waals surface area contributed by atoms with Crippen molar-refractivity contribution in [2.24, 2.45) is 11.1 Å². The van der Waals surface area contributed by atoms with Gasteiger partial charge in [-0.1, -0.05) is 19.3 Å². The molecule has 0 amide bonds. The van der Waals surface area contributed by atoms with Crippen LogP contribution in [0.25, 0.3) is 0 Å². The Morgan fingerprint density at radius 2 is 1.91 bits per heavy atom. The summed E-state index contributed by atoms with van der Waals surface area (Å²) in [4.78, 5) is 0. The summed E-state index contributed by atoms with van der Waals surface area (Å²) in [6.07, 6.45) is 9.15. The first-order valence-electron chi connectivity index (χ1n) is 4.52. The third-order valence-electron chi connectivity index (χ3n) is 2.80. The maximum absolute atomic E-state index is 5.81. The second-order valence-corrected chi connectivity index (χ2v) is 4.56. The van der Waals surface area contributed by atoms with Crippen LogP contribution in [0, 0.1) is 5.41 Å². The molecule has 0 heterocycles. The lowest BCUT2D eigenvalue weighted by Gasteiger charge is -2.35. The standard InChI is InChI=1S/C9H19NS/c1-11-8-9(7-10)5-3-2-4-6-9/h2-8,10H2,1H3. The van der Waals surface area contributed by atoms with E-state index in [9.17, 15) is 0 Å². The number of hydrogen-bond acceptors (Lipinski definition) is 2. The molecule has 0 radical (unpaired) electrons. The zero-order valence-electron chi connectivity index (χ0n) is 7.44. The number of nitrogens with two attached hydrogens (primary N) is 1. The van der Waals surface area contributed by atoms with E-state index in [1.54, 1.807) is 0 Å². The molecule has 1 saturated carbocycles. The van der Waals surface area contributed by atoms with Crippen molar-refractivity contribution < 1.29 is 0 Å². The predicted octanol–water partition coefficient (Wildman–Crippen LogP) is 2.26. The maximum Gasteiger partial charge on any atom is -0.000151 e. The van der Waals surface area contributed by atoms with E-state index in [0.717, 1.165) is 6.54 Å². The van der Waals surface area contributed by atoms with Crippen LogP contribution >= 0.6 is 11.8 Å². The van der Waals surface area contributed by atoms with Gasteiger partial charge in [0.05, 0.1) is 0 Å². The Balaban J connectivity index is 2.42. The van der Waals surface area contributed by atoms with Gasteiger partial charge in [-0.05, 0) is 36.8 Å². The molecule has 1 nitrogen and oxygen atoms in total. The SMILES string of the molecule is CSCC1(CN)CCCCC1. The number of thioether (sulfide) groups is 1. The van der Waals surface area contributed by atoms with Gasteiger partial charge in [-0.15, -0.1) is 0 Å². The Bertz CT molecular complexity index is 103. The van der Waals surface area contributed by atoms with Gasteiger partial charge in [0.1, 0.15) is 0 Å². The van der Waals surface area contributed by atoms with Crippen LogP contribution in [0.15, 0.2) is 0 Å². The highest BCUT2D eigenvalue weighted by Crippen LogP contribution is 2.37. The zero-order valence-corrected chi connectivity index (χ0v) is 8.25. The second-order valence-electron chi connectivity index (χ2n) is 3.70. The molecule has 0 atom stereocenters. The third kappa shape index (κ3) is 2.38. The molecule has 1 rings (SSSR count). The minimum Gasteiger partial charge on any atom is -0.330 e. The van der Waals surface area contributed by atoms with Gasteiger partial charge in [-0.3, -0.25) is 0 Å². The van der Waals surface area contributed by atoms with Crippen molar-refractivity contribution in [1.82, 2.24) is 0 Å². The molecule has 66 valence electrons. The zero-order chi connectivity index (χ0) is 8.16. The summed E-state index contributed by atoms with van der Waals surface area (Å²) in [6, 6.07) is 0. The Labute approximate surface area is 74.1 Å². The maximum atomic E-state index is 5.81. The number of hydrogen-bond donors (Lipinski definition) is 1. The third-order valence-corrected chi connectivity index (χ3v) is 3.70. The molecule has 0 aromatic carbocycles. The van der Waals surface area contributed by atoms with E-state index in [-0.39, 0.29) is 0 Å². The van der Waals surface area contributed by atoms with E-state index in [1.165, 1.54) is 37.9 Å². The molecule has 0 spiro atoms. The summed E-state index contributed by atoms with van der Waals surface area (Å²) < 4.78 is 0. The highest BCUT2D eigenvalue weighted by molar-refractivity contribution is 7.98. The monoisotopic (exact) mass is 173 g/mol. The van der Waals surface area contributed by atoms with E-state index in [4.69, 9.17) is 5.73 Å². The van der Waals surface area contributed by atoms with Crippen LogP contribution in [-0.2, 0) is 0 Å². The summed E-state index contributed by atoms with van der Waals surface area (Å²) >= 11 is 1.95. The smallest absolute Gasteiger partial charge is 0.000151 e. The quantitative estimate of drug-likeness (QED) is 0.708. The molecule has 2 N–H and O–H groups in total. The van der Waals surface area contributed by atoms with Crippen LogP contribution in [0.5, 0.6) is 0 Å². The van der Waals surface area contributed by atoms with Crippen LogP contribution in [-0.4, -0.2) is 18.6 Å². The van der Waals surface area contributed by atoms with Gasteiger partial charge in [0.15, 0.2) is 0 Å². The van der Waals surface area contributed by atoms with Gasteiger partial charge in [0, 0.05) is 0 Å². The molecule has 0 aliphatic heterocycles. The minimum atomic E-state index is 0.512. The Morgan fingerprint density at radius 3 is 2.36 bits per heavy atom. The summed E-state index contributed by atoms with van der Waals surface area (Å²) in [6.45, 7) is 0.897. The van der Waals surface area contributed by atoms with E-state index in [0.29, 0.717) is 5.41 Å². The lowest BCUT2D eigenvalue weighted by atomic mass is 9.76. The molecule has 2 heteroatoms. The van der Waals surface area contributed by atoms with Crippen LogP contribution < -0.4 is 5.73 Å². The predicted molar refractivity (Wildman–Crippen MR) is 53.0 cm³/mol. The molecule has 1 aliphatic carbocycles. The van der Waals surface area contributed by atoms with Crippen molar-refractivity contribution in [3.63, 3.8) is 0 Å². The highest BCUT2D eigenvalue weighted by atomic mass is 32.2. The van der Waals surface area contributed by atoms with Crippen LogP contribution in [0.4, 0.5) is 0 Å². The highest BCUT2D eigenvalue weighted by Gasteiger charge is 2.29. The van der Waals surface area contributed by atoms with E-state index in [2.05, 4.69) is 6.26 Å². The summed E-state index contributed by atoms with van der Waals surface area (Å²) in [5.74, 6) is 1.27. The average molecular weight is 173 g/mol. The van der Waals surface area contributed by atoms with Gasteiger partial charge in [-0.25, -0.2) is 0 Å². The first-order valence-corrected chi connectivity index (χ1v) is 5.91. The van der Waals surface area contributed by atoms with E-state index in [1.807, 2.05) is 11.8 Å². The molecule has 0 unspecified atom stereocenters. The van der Waals surface area contributed by atoms with Crippen molar-refractivity contribution in [2.75, 3.05) is 18.6 Å². The van der Waals surface area contributed by atoms with E-state index >= 15 is 0 Å². The lowest BCUT2D eigenvalue weighted by molar-refractivity contribution is 0.233. The molecular weight excluding hydrogens is 154 g/mol. The molecule has 0 aromatic rings. The van der Waals surface area contributed by atoms with Gasteiger partial charge in [-0.2, -0.15) is 11.8 Å². The fraction of sp³-hybridized carbons (Fsp3) is 1.00. The molecule has 11 heavy (non-hydrogen) atoms. The summed E-state index contributed by atoms with van der Waals surface area (Å²) in [5.41, 5.74) is 6.32. The fourth-order valence-corrected chi connectivity index (χ4v) is 3.03. The van der Waals surface area contributed by atoms with Crippen molar-refractivity contribution in [3.05, 3.63) is 0 Å². The van der Waals surface area contributed by atoms with Crippen molar-refractivity contribution in [1.29, 1.82) is 0 Å². The largest absolute Gasteiger partial charge is 0.330 e.